The van der Waals surface area contributed by atoms with Crippen LogP contribution in [0.3, 0.4) is 0 Å². The van der Waals surface area contributed by atoms with Crippen molar-refractivity contribution in [1.82, 2.24) is 0 Å². The highest BCUT2D eigenvalue weighted by atomic mass is 16.5. The number of benzene rings is 2. The predicted molar refractivity (Wildman–Crippen MR) is 106 cm³/mol. The number of rotatable bonds is 7. The van der Waals surface area contributed by atoms with Gasteiger partial charge < -0.3 is 14.6 Å². The molecule has 6 nitrogen and oxygen atoms in total. The number of nitrogens with zero attached hydrogens (tertiary/aromatic N) is 1. The summed E-state index contributed by atoms with van der Waals surface area (Å²) in [4.78, 5) is 17.3. The Labute approximate surface area is 165 Å². The van der Waals surface area contributed by atoms with Gasteiger partial charge in [0, 0.05) is 0 Å². The van der Waals surface area contributed by atoms with E-state index in [2.05, 4.69) is 4.99 Å². The Bertz CT molecular complexity index is 832. The summed E-state index contributed by atoms with van der Waals surface area (Å²) in [6.07, 6.45) is 0.199. The zero-order chi connectivity index (χ0) is 20.2. The van der Waals surface area contributed by atoms with Crippen molar-refractivity contribution in [2.45, 2.75) is 38.1 Å². The molecule has 0 amide bonds. The van der Waals surface area contributed by atoms with Gasteiger partial charge in [-0.25, -0.2) is 4.99 Å². The number of ether oxygens (including phenoxy) is 2. The molecule has 0 aromatic heterocycles. The molecule has 6 heteroatoms. The molecule has 0 bridgehead atoms. The smallest absolute Gasteiger partial charge is 0.314 e. The second kappa shape index (κ2) is 8.12. The second-order valence-corrected chi connectivity index (χ2v) is 7.68. The number of esters is 1. The number of hydrogen-bond donors (Lipinski definition) is 2. The van der Waals surface area contributed by atoms with Crippen molar-refractivity contribution in [3.8, 4) is 0 Å². The minimum absolute atomic E-state index is 0.0323. The fourth-order valence-corrected chi connectivity index (χ4v) is 3.04. The third-order valence-corrected chi connectivity index (χ3v) is 4.63. The first kappa shape index (κ1) is 20.0. The molecule has 0 fully saturated rings. The zero-order valence-corrected chi connectivity index (χ0v) is 16.2. The molecular formula is C22H26N2O4. The van der Waals surface area contributed by atoms with Crippen LogP contribution in [0.1, 0.15) is 25.0 Å². The van der Waals surface area contributed by atoms with Crippen LogP contribution in [0, 0.1) is 5.92 Å². The molecule has 0 saturated heterocycles. The third-order valence-electron chi connectivity index (χ3n) is 4.63. The van der Waals surface area contributed by atoms with Crippen molar-refractivity contribution in [2.75, 3.05) is 6.61 Å². The number of hydrogen-bond acceptors (Lipinski definition) is 6. The Morgan fingerprint density at radius 3 is 2.29 bits per heavy atom. The van der Waals surface area contributed by atoms with Gasteiger partial charge in [-0.05, 0) is 31.4 Å². The summed E-state index contributed by atoms with van der Waals surface area (Å²) >= 11 is 0. The zero-order valence-electron chi connectivity index (χ0n) is 16.2. The normalized spacial score (nSPS) is 18.5. The Kier molecular flexibility index (Phi) is 5.82. The predicted octanol–water partition coefficient (Wildman–Crippen LogP) is 2.44. The Balaban J connectivity index is 1.83. The molecule has 2 atom stereocenters. The highest BCUT2D eigenvalue weighted by Gasteiger charge is 2.48. The Morgan fingerprint density at radius 2 is 1.75 bits per heavy atom. The highest BCUT2D eigenvalue weighted by molar-refractivity contribution is 5.91. The van der Waals surface area contributed by atoms with Gasteiger partial charge in [-0.2, -0.15) is 0 Å². The Morgan fingerprint density at radius 1 is 1.18 bits per heavy atom. The van der Waals surface area contributed by atoms with E-state index in [-0.39, 0.29) is 18.9 Å². The van der Waals surface area contributed by atoms with Crippen LogP contribution in [0.15, 0.2) is 65.7 Å². The van der Waals surface area contributed by atoms with Gasteiger partial charge in [-0.3, -0.25) is 10.5 Å². The monoisotopic (exact) mass is 382 g/mol. The molecule has 0 saturated carbocycles. The average Bonchev–Trinajstić information content (AvgIpc) is 3.06. The van der Waals surface area contributed by atoms with E-state index in [4.69, 9.17) is 15.2 Å². The molecule has 28 heavy (non-hydrogen) atoms. The van der Waals surface area contributed by atoms with Crippen molar-refractivity contribution in [1.29, 1.82) is 0 Å². The second-order valence-electron chi connectivity index (χ2n) is 7.68. The quantitative estimate of drug-likeness (QED) is 0.567. The molecule has 148 valence electrons. The molecule has 1 unspecified atom stereocenters. The molecule has 2 aromatic carbocycles. The minimum atomic E-state index is -2.07. The van der Waals surface area contributed by atoms with Crippen LogP contribution in [-0.4, -0.2) is 34.8 Å². The molecular weight excluding hydrogens is 356 g/mol. The van der Waals surface area contributed by atoms with E-state index in [1.807, 2.05) is 74.5 Å². The van der Waals surface area contributed by atoms with Crippen LogP contribution in [0.25, 0.3) is 0 Å². The van der Waals surface area contributed by atoms with Gasteiger partial charge in [-0.15, -0.1) is 0 Å². The fraction of sp³-hybridized carbons (Fsp3) is 0.364. The van der Waals surface area contributed by atoms with Gasteiger partial charge >= 0.3 is 5.97 Å². The Hall–Kier alpha value is -2.70. The minimum Gasteiger partial charge on any atom is -0.475 e. The van der Waals surface area contributed by atoms with Crippen LogP contribution in [-0.2, 0) is 27.3 Å². The summed E-state index contributed by atoms with van der Waals surface area (Å²) in [5.41, 5.74) is 5.33. The van der Waals surface area contributed by atoms with E-state index in [0.29, 0.717) is 6.61 Å². The van der Waals surface area contributed by atoms with Crippen LogP contribution >= 0.6 is 0 Å². The molecule has 0 aliphatic carbocycles. The van der Waals surface area contributed by atoms with E-state index in [1.165, 1.54) is 0 Å². The largest absolute Gasteiger partial charge is 0.475 e. The van der Waals surface area contributed by atoms with Gasteiger partial charge in [0.05, 0.1) is 5.54 Å². The summed E-state index contributed by atoms with van der Waals surface area (Å²) in [5, 5.41) is 11.1. The van der Waals surface area contributed by atoms with Crippen molar-refractivity contribution < 1.29 is 19.4 Å². The van der Waals surface area contributed by atoms with Crippen molar-refractivity contribution in [3.63, 3.8) is 0 Å². The van der Waals surface area contributed by atoms with Crippen LogP contribution in [0.5, 0.6) is 0 Å². The van der Waals surface area contributed by atoms with Gasteiger partial charge in [-0.1, -0.05) is 60.7 Å². The maximum Gasteiger partial charge on any atom is 0.314 e. The van der Waals surface area contributed by atoms with Gasteiger partial charge in [0.1, 0.15) is 19.1 Å². The molecule has 0 radical (unpaired) electrons. The summed E-state index contributed by atoms with van der Waals surface area (Å²) in [7, 11) is 0. The lowest BCUT2D eigenvalue weighted by Crippen LogP contribution is -2.58. The van der Waals surface area contributed by atoms with E-state index < -0.39 is 23.2 Å². The number of aliphatic hydroxyl groups is 1. The lowest BCUT2D eigenvalue weighted by molar-refractivity contribution is -0.156. The summed E-state index contributed by atoms with van der Waals surface area (Å²) < 4.78 is 11.0. The molecule has 2 aromatic rings. The first-order chi connectivity index (χ1) is 13.3. The fourth-order valence-electron chi connectivity index (χ4n) is 3.04. The maximum absolute atomic E-state index is 12.9. The van der Waals surface area contributed by atoms with Crippen molar-refractivity contribution in [2.24, 2.45) is 16.6 Å². The molecule has 3 rings (SSSR count). The summed E-state index contributed by atoms with van der Waals surface area (Å²) in [6, 6.07) is 18.7. The van der Waals surface area contributed by atoms with Gasteiger partial charge in [0.15, 0.2) is 0 Å². The first-order valence-corrected chi connectivity index (χ1v) is 9.27. The SMILES string of the molecule is CC1(C)COC(C(N)(O)[C@H](Cc2ccccc2)C(=O)OCc2ccccc2)=N1. The van der Waals surface area contributed by atoms with E-state index in [0.717, 1.165) is 11.1 Å². The first-order valence-electron chi connectivity index (χ1n) is 9.27. The number of aliphatic imine (C=N–C) groups is 1. The maximum atomic E-state index is 12.9. The molecule has 3 N–H and O–H groups in total. The van der Waals surface area contributed by atoms with E-state index in [1.54, 1.807) is 0 Å². The molecule has 1 heterocycles. The van der Waals surface area contributed by atoms with Crippen molar-refractivity contribution in [3.05, 3.63) is 71.8 Å². The number of nitrogens with two attached hydrogens (primary N) is 1. The summed E-state index contributed by atoms with van der Waals surface area (Å²) in [5.74, 6) is -1.70. The van der Waals surface area contributed by atoms with Crippen LogP contribution in [0.4, 0.5) is 0 Å². The van der Waals surface area contributed by atoms with Crippen LogP contribution in [0.2, 0.25) is 0 Å². The molecule has 1 aliphatic heterocycles. The third kappa shape index (κ3) is 4.77. The topological polar surface area (TPSA) is 94.1 Å². The molecule has 1 aliphatic rings. The van der Waals surface area contributed by atoms with Crippen molar-refractivity contribution >= 4 is 11.9 Å². The lowest BCUT2D eigenvalue weighted by Gasteiger charge is -2.30. The number of carbonyl (C=O) groups excluding carboxylic acids is 1. The number of carbonyl (C=O) groups is 1. The van der Waals surface area contributed by atoms with Crippen LogP contribution < -0.4 is 5.73 Å². The van der Waals surface area contributed by atoms with Gasteiger partial charge in [0.25, 0.3) is 0 Å². The highest BCUT2D eigenvalue weighted by Crippen LogP contribution is 2.28. The van der Waals surface area contributed by atoms with E-state index in [9.17, 15) is 9.90 Å². The standard InChI is InChI=1S/C22H26N2O4/c1-21(2)15-28-20(24-21)22(23,26)18(13-16-9-5-3-6-10-16)19(25)27-14-17-11-7-4-8-12-17/h3-12,18,26H,13-15,23H2,1-2H3/t18-,22?/m1/s1. The van der Waals surface area contributed by atoms with Gasteiger partial charge in [0.2, 0.25) is 11.6 Å². The lowest BCUT2D eigenvalue weighted by atomic mass is 9.89. The molecule has 0 spiro atoms. The average molecular weight is 382 g/mol. The summed E-state index contributed by atoms with van der Waals surface area (Å²) in [6.45, 7) is 4.13. The van der Waals surface area contributed by atoms with E-state index >= 15 is 0 Å².